The first-order valence-corrected chi connectivity index (χ1v) is 7.05. The lowest BCUT2D eigenvalue weighted by Crippen LogP contribution is -2.13. The zero-order valence-corrected chi connectivity index (χ0v) is 12.6. The Balaban J connectivity index is 2.14. The molecule has 1 heterocycles. The summed E-state index contributed by atoms with van der Waals surface area (Å²) in [6.45, 7) is 1.93. The first kappa shape index (κ1) is 14.0. The van der Waals surface area contributed by atoms with Crippen molar-refractivity contribution in [2.45, 2.75) is 13.0 Å². The molecule has 1 aromatic heterocycles. The first-order chi connectivity index (χ1) is 10.1. The highest BCUT2D eigenvalue weighted by Gasteiger charge is 2.20. The van der Waals surface area contributed by atoms with E-state index in [4.69, 9.17) is 26.5 Å². The Morgan fingerprint density at radius 1 is 1.24 bits per heavy atom. The van der Waals surface area contributed by atoms with Crippen LogP contribution in [0, 0.1) is 6.92 Å². The molecule has 3 aromatic rings. The van der Waals surface area contributed by atoms with Crippen LogP contribution >= 0.6 is 11.6 Å². The van der Waals surface area contributed by atoms with Crippen molar-refractivity contribution in [3.05, 3.63) is 64.6 Å². The minimum atomic E-state index is -0.432. The normalized spacial score (nSPS) is 12.6. The van der Waals surface area contributed by atoms with E-state index in [9.17, 15) is 0 Å². The minimum absolute atomic E-state index is 0.432. The summed E-state index contributed by atoms with van der Waals surface area (Å²) < 4.78 is 11.1. The van der Waals surface area contributed by atoms with Gasteiger partial charge in [0.25, 0.3) is 0 Å². The number of fused-ring (bicyclic) bond motifs is 1. The number of rotatable bonds is 3. The lowest BCUT2D eigenvalue weighted by atomic mass is 10.00. The molecule has 1 atom stereocenters. The van der Waals surface area contributed by atoms with E-state index < -0.39 is 6.04 Å². The molecule has 0 radical (unpaired) electrons. The average Bonchev–Trinajstić information content (AvgIpc) is 2.92. The standard InChI is InChI=1S/C17H16ClNO2/c1-10-7-15(20-2)13(8-14(10)18)16(19)17-12-6-4-3-5-11(12)9-21-17/h3-9,16H,19H2,1-2H3. The third-order valence-electron chi connectivity index (χ3n) is 3.67. The topological polar surface area (TPSA) is 48.4 Å². The molecule has 3 nitrogen and oxygen atoms in total. The summed E-state index contributed by atoms with van der Waals surface area (Å²) in [7, 11) is 1.62. The fourth-order valence-corrected chi connectivity index (χ4v) is 2.66. The zero-order valence-electron chi connectivity index (χ0n) is 11.9. The van der Waals surface area contributed by atoms with Crippen molar-refractivity contribution in [3.8, 4) is 5.75 Å². The monoisotopic (exact) mass is 301 g/mol. The molecule has 2 aromatic carbocycles. The summed E-state index contributed by atoms with van der Waals surface area (Å²) in [5.41, 5.74) is 8.16. The third-order valence-corrected chi connectivity index (χ3v) is 4.07. The van der Waals surface area contributed by atoms with Crippen LogP contribution in [0.2, 0.25) is 5.02 Å². The highest BCUT2D eigenvalue weighted by atomic mass is 35.5. The van der Waals surface area contributed by atoms with Crippen molar-refractivity contribution in [3.63, 3.8) is 0 Å². The molecular weight excluding hydrogens is 286 g/mol. The van der Waals surface area contributed by atoms with Crippen LogP contribution in [-0.4, -0.2) is 7.11 Å². The van der Waals surface area contributed by atoms with E-state index in [2.05, 4.69) is 0 Å². The van der Waals surface area contributed by atoms with Crippen molar-refractivity contribution < 1.29 is 9.15 Å². The number of benzene rings is 2. The van der Waals surface area contributed by atoms with E-state index in [0.717, 1.165) is 21.9 Å². The molecule has 108 valence electrons. The number of halogens is 1. The van der Waals surface area contributed by atoms with Crippen molar-refractivity contribution in [2.75, 3.05) is 7.11 Å². The van der Waals surface area contributed by atoms with Gasteiger partial charge in [0.05, 0.1) is 19.4 Å². The van der Waals surface area contributed by atoms with Crippen molar-refractivity contribution in [1.82, 2.24) is 0 Å². The predicted octanol–water partition coefficient (Wildman–Crippen LogP) is 4.45. The summed E-state index contributed by atoms with van der Waals surface area (Å²) in [6, 6.07) is 11.2. The summed E-state index contributed by atoms with van der Waals surface area (Å²) >= 11 is 6.22. The fourth-order valence-electron chi connectivity index (χ4n) is 2.49. The Hall–Kier alpha value is -1.97. The van der Waals surface area contributed by atoms with Gasteiger partial charge < -0.3 is 14.9 Å². The van der Waals surface area contributed by atoms with Gasteiger partial charge in [0, 0.05) is 21.4 Å². The van der Waals surface area contributed by atoms with Gasteiger partial charge in [0.15, 0.2) is 0 Å². The van der Waals surface area contributed by atoms with Gasteiger partial charge >= 0.3 is 0 Å². The number of aryl methyl sites for hydroxylation is 1. The Labute approximate surface area is 128 Å². The number of methoxy groups -OCH3 is 1. The summed E-state index contributed by atoms with van der Waals surface area (Å²) in [6.07, 6.45) is 1.72. The van der Waals surface area contributed by atoms with Crippen molar-refractivity contribution >= 4 is 22.4 Å². The number of ether oxygens (including phenoxy) is 1. The summed E-state index contributed by atoms with van der Waals surface area (Å²) in [4.78, 5) is 0. The Morgan fingerprint density at radius 2 is 2.00 bits per heavy atom. The van der Waals surface area contributed by atoms with E-state index in [1.54, 1.807) is 13.4 Å². The van der Waals surface area contributed by atoms with Gasteiger partial charge in [-0.3, -0.25) is 0 Å². The van der Waals surface area contributed by atoms with E-state index in [0.29, 0.717) is 16.5 Å². The van der Waals surface area contributed by atoms with Gasteiger partial charge in [0.1, 0.15) is 11.5 Å². The number of hydrogen-bond donors (Lipinski definition) is 1. The lowest BCUT2D eigenvalue weighted by Gasteiger charge is -2.16. The Morgan fingerprint density at radius 3 is 2.76 bits per heavy atom. The molecule has 0 aliphatic carbocycles. The number of hydrogen-bond acceptors (Lipinski definition) is 3. The molecule has 3 rings (SSSR count). The van der Waals surface area contributed by atoms with Crippen LogP contribution in [0.5, 0.6) is 5.75 Å². The molecule has 4 heteroatoms. The van der Waals surface area contributed by atoms with Crippen LogP contribution in [0.4, 0.5) is 0 Å². The third kappa shape index (κ3) is 2.39. The predicted molar refractivity (Wildman–Crippen MR) is 85.0 cm³/mol. The molecule has 1 unspecified atom stereocenters. The van der Waals surface area contributed by atoms with Crippen LogP contribution in [0.1, 0.15) is 22.9 Å². The first-order valence-electron chi connectivity index (χ1n) is 6.67. The maximum Gasteiger partial charge on any atom is 0.132 e. The molecule has 0 fully saturated rings. The summed E-state index contributed by atoms with van der Waals surface area (Å²) in [5.74, 6) is 1.42. The van der Waals surface area contributed by atoms with Crippen LogP contribution in [0.3, 0.4) is 0 Å². The molecule has 0 aliphatic rings. The lowest BCUT2D eigenvalue weighted by molar-refractivity contribution is 0.403. The maximum atomic E-state index is 6.39. The largest absolute Gasteiger partial charge is 0.496 e. The van der Waals surface area contributed by atoms with E-state index in [1.165, 1.54) is 0 Å². The quantitative estimate of drug-likeness (QED) is 0.777. The molecular formula is C17H16ClNO2. The van der Waals surface area contributed by atoms with E-state index in [1.807, 2.05) is 43.3 Å². The van der Waals surface area contributed by atoms with E-state index >= 15 is 0 Å². The van der Waals surface area contributed by atoms with Crippen LogP contribution in [0.15, 0.2) is 47.1 Å². The molecule has 0 bridgehead atoms. The Bertz CT molecular complexity index is 795. The number of nitrogens with two attached hydrogens (primary N) is 1. The molecule has 2 N–H and O–H groups in total. The van der Waals surface area contributed by atoms with Gasteiger partial charge in [-0.2, -0.15) is 0 Å². The van der Waals surface area contributed by atoms with Crippen LogP contribution in [-0.2, 0) is 0 Å². The smallest absolute Gasteiger partial charge is 0.132 e. The van der Waals surface area contributed by atoms with Gasteiger partial charge in [0.2, 0.25) is 0 Å². The highest BCUT2D eigenvalue weighted by molar-refractivity contribution is 6.31. The molecule has 0 saturated carbocycles. The molecule has 0 saturated heterocycles. The molecule has 21 heavy (non-hydrogen) atoms. The minimum Gasteiger partial charge on any atom is -0.496 e. The molecule has 0 spiro atoms. The fraction of sp³-hybridized carbons (Fsp3) is 0.176. The van der Waals surface area contributed by atoms with Gasteiger partial charge in [-0.1, -0.05) is 35.9 Å². The van der Waals surface area contributed by atoms with Gasteiger partial charge in [-0.05, 0) is 24.6 Å². The second kappa shape index (κ2) is 5.43. The number of furan rings is 1. The Kier molecular flexibility index (Phi) is 3.62. The maximum absolute atomic E-state index is 6.39. The van der Waals surface area contributed by atoms with E-state index in [-0.39, 0.29) is 0 Å². The SMILES string of the molecule is COc1cc(C)c(Cl)cc1C(N)c1occ2ccccc12. The zero-order chi connectivity index (χ0) is 15.0. The second-order valence-corrected chi connectivity index (χ2v) is 5.42. The van der Waals surface area contributed by atoms with Gasteiger partial charge in [-0.15, -0.1) is 0 Å². The van der Waals surface area contributed by atoms with Crippen LogP contribution < -0.4 is 10.5 Å². The average molecular weight is 302 g/mol. The van der Waals surface area contributed by atoms with Crippen molar-refractivity contribution in [1.29, 1.82) is 0 Å². The highest BCUT2D eigenvalue weighted by Crippen LogP contribution is 2.36. The molecule has 0 aliphatic heterocycles. The molecule has 0 amide bonds. The summed E-state index contributed by atoms with van der Waals surface area (Å²) in [5, 5.41) is 2.70. The van der Waals surface area contributed by atoms with Gasteiger partial charge in [-0.25, -0.2) is 0 Å². The second-order valence-electron chi connectivity index (χ2n) is 5.01. The van der Waals surface area contributed by atoms with Crippen LogP contribution in [0.25, 0.3) is 10.8 Å². The van der Waals surface area contributed by atoms with Crippen molar-refractivity contribution in [2.24, 2.45) is 5.73 Å².